The van der Waals surface area contributed by atoms with Gasteiger partial charge >= 0.3 is 5.69 Å². The quantitative estimate of drug-likeness (QED) is 0.640. The van der Waals surface area contributed by atoms with Crippen LogP contribution in [0.15, 0.2) is 42.5 Å². The summed E-state index contributed by atoms with van der Waals surface area (Å²) in [7, 11) is 1.64. The molecule has 1 N–H and O–H groups in total. The van der Waals surface area contributed by atoms with Crippen molar-refractivity contribution in [2.75, 3.05) is 38.3 Å². The molecule has 0 radical (unpaired) electrons. The lowest BCUT2D eigenvalue weighted by Gasteiger charge is -2.29. The molecule has 1 amide bonds. The third-order valence-electron chi connectivity index (χ3n) is 4.50. The first kappa shape index (κ1) is 18.7. The van der Waals surface area contributed by atoms with Crippen molar-refractivity contribution in [3.63, 3.8) is 0 Å². The zero-order chi connectivity index (χ0) is 19.4. The van der Waals surface area contributed by atoms with Crippen LogP contribution < -0.4 is 4.90 Å². The van der Waals surface area contributed by atoms with Crippen LogP contribution in [0.5, 0.6) is 5.75 Å². The maximum atomic E-state index is 12.5. The molecule has 1 aliphatic heterocycles. The Morgan fingerprint density at radius 1 is 1.22 bits per heavy atom. The van der Waals surface area contributed by atoms with Gasteiger partial charge in [0.2, 0.25) is 0 Å². The number of morpholine rings is 1. The number of amides is 1. The first-order valence-corrected chi connectivity index (χ1v) is 8.60. The molecular weight excluding hydrogens is 350 g/mol. The van der Waals surface area contributed by atoms with Crippen molar-refractivity contribution in [2.24, 2.45) is 0 Å². The molecular formula is C19H21N3O5. The van der Waals surface area contributed by atoms with Gasteiger partial charge in [-0.15, -0.1) is 0 Å². The molecule has 0 atom stereocenters. The van der Waals surface area contributed by atoms with E-state index in [1.807, 2.05) is 24.3 Å². The van der Waals surface area contributed by atoms with Gasteiger partial charge in [-0.3, -0.25) is 14.9 Å². The van der Waals surface area contributed by atoms with Crippen LogP contribution in [0.1, 0.15) is 15.9 Å². The molecule has 8 nitrogen and oxygen atoms in total. The number of nitro groups is 1. The Balaban J connectivity index is 1.67. The van der Waals surface area contributed by atoms with Crippen molar-refractivity contribution in [3.05, 3.63) is 63.7 Å². The van der Waals surface area contributed by atoms with Crippen molar-refractivity contribution in [1.29, 1.82) is 0 Å². The third-order valence-corrected chi connectivity index (χ3v) is 4.50. The van der Waals surface area contributed by atoms with Crippen molar-refractivity contribution < 1.29 is 19.6 Å². The van der Waals surface area contributed by atoms with Crippen molar-refractivity contribution >= 4 is 17.3 Å². The molecule has 0 aliphatic carbocycles. The first-order valence-electron chi connectivity index (χ1n) is 8.60. The monoisotopic (exact) mass is 371 g/mol. The average Bonchev–Trinajstić information content (AvgIpc) is 2.69. The van der Waals surface area contributed by atoms with Gasteiger partial charge in [-0.2, -0.15) is 0 Å². The van der Waals surface area contributed by atoms with Crippen molar-refractivity contribution in [3.8, 4) is 5.75 Å². The summed E-state index contributed by atoms with van der Waals surface area (Å²) >= 11 is 0. The maximum Gasteiger partial charge on any atom is 0.311 e. The third kappa shape index (κ3) is 4.35. The largest absolute Gasteiger partial charge is 0.502 e. The van der Waals surface area contributed by atoms with E-state index in [0.717, 1.165) is 49.7 Å². The number of phenolic OH excluding ortho intramolecular Hbond substituents is 1. The average molecular weight is 371 g/mol. The Bertz CT molecular complexity index is 832. The number of nitro benzene ring substituents is 1. The summed E-state index contributed by atoms with van der Waals surface area (Å²) in [5.41, 5.74) is 1.75. The molecule has 8 heteroatoms. The number of rotatable bonds is 5. The van der Waals surface area contributed by atoms with Gasteiger partial charge in [-0.05, 0) is 29.8 Å². The van der Waals surface area contributed by atoms with Gasteiger partial charge in [0.1, 0.15) is 0 Å². The Hall–Kier alpha value is -3.13. The van der Waals surface area contributed by atoms with Gasteiger partial charge in [-0.25, -0.2) is 0 Å². The summed E-state index contributed by atoms with van der Waals surface area (Å²) in [6, 6.07) is 11.6. The van der Waals surface area contributed by atoms with E-state index in [2.05, 4.69) is 4.90 Å². The minimum atomic E-state index is -0.712. The minimum absolute atomic E-state index is 0.159. The number of benzene rings is 2. The predicted molar refractivity (Wildman–Crippen MR) is 100 cm³/mol. The number of carbonyl (C=O) groups is 1. The van der Waals surface area contributed by atoms with E-state index in [9.17, 15) is 20.0 Å². The lowest BCUT2D eigenvalue weighted by atomic mass is 10.1. The van der Waals surface area contributed by atoms with Crippen LogP contribution in [0.25, 0.3) is 0 Å². The van der Waals surface area contributed by atoms with Gasteiger partial charge in [0.05, 0.1) is 18.1 Å². The van der Waals surface area contributed by atoms with Crippen molar-refractivity contribution in [2.45, 2.75) is 6.54 Å². The number of ether oxygens (including phenoxy) is 1. The van der Waals surface area contributed by atoms with Gasteiger partial charge < -0.3 is 19.6 Å². The van der Waals surface area contributed by atoms with Crippen LogP contribution in [-0.4, -0.2) is 54.2 Å². The second-order valence-corrected chi connectivity index (χ2v) is 6.39. The van der Waals surface area contributed by atoms with Gasteiger partial charge in [0.25, 0.3) is 5.91 Å². The molecule has 3 rings (SSSR count). The normalized spacial score (nSPS) is 14.0. The highest BCUT2D eigenvalue weighted by molar-refractivity contribution is 5.95. The van der Waals surface area contributed by atoms with Gasteiger partial charge in [0, 0.05) is 44.0 Å². The number of hydrogen-bond donors (Lipinski definition) is 1. The molecule has 1 aliphatic rings. The Morgan fingerprint density at radius 2 is 1.89 bits per heavy atom. The highest BCUT2D eigenvalue weighted by Gasteiger charge is 2.19. The fraction of sp³-hybridized carbons (Fsp3) is 0.316. The molecule has 1 fully saturated rings. The molecule has 2 aromatic rings. The molecule has 27 heavy (non-hydrogen) atoms. The van der Waals surface area contributed by atoms with Crippen LogP contribution in [0.2, 0.25) is 0 Å². The zero-order valence-electron chi connectivity index (χ0n) is 15.0. The molecule has 1 saturated heterocycles. The first-order chi connectivity index (χ1) is 13.0. The van der Waals surface area contributed by atoms with Crippen LogP contribution in [0, 0.1) is 10.1 Å². The lowest BCUT2D eigenvalue weighted by Crippen LogP contribution is -2.36. The van der Waals surface area contributed by atoms with Gasteiger partial charge in [0.15, 0.2) is 5.75 Å². The summed E-state index contributed by atoms with van der Waals surface area (Å²) < 4.78 is 5.35. The fourth-order valence-corrected chi connectivity index (χ4v) is 3.00. The molecule has 0 bridgehead atoms. The summed E-state index contributed by atoms with van der Waals surface area (Å²) in [6.45, 7) is 3.53. The Kier molecular flexibility index (Phi) is 5.56. The minimum Gasteiger partial charge on any atom is -0.502 e. The smallest absolute Gasteiger partial charge is 0.311 e. The van der Waals surface area contributed by atoms with E-state index in [1.165, 1.54) is 11.0 Å². The summed E-state index contributed by atoms with van der Waals surface area (Å²) in [5.74, 6) is -0.812. The summed E-state index contributed by atoms with van der Waals surface area (Å²) in [5, 5.41) is 20.4. The van der Waals surface area contributed by atoms with Crippen LogP contribution >= 0.6 is 0 Å². The standard InChI is InChI=1S/C19H21N3O5/c1-20(19(24)15-4-7-18(23)17(12-15)22(25)26)13-14-2-5-16(6-3-14)21-8-10-27-11-9-21/h2-7,12,23H,8-11,13H2,1H3. The number of hydrogen-bond acceptors (Lipinski definition) is 6. The SMILES string of the molecule is CN(Cc1ccc(N2CCOCC2)cc1)C(=O)c1ccc(O)c([N+](=O)[O-])c1. The van der Waals surface area contributed by atoms with E-state index in [0.29, 0.717) is 6.54 Å². The molecule has 0 spiro atoms. The van der Waals surface area contributed by atoms with Crippen LogP contribution in [-0.2, 0) is 11.3 Å². The number of carbonyl (C=O) groups excluding carboxylic acids is 1. The molecule has 0 saturated carbocycles. The predicted octanol–water partition coefficient (Wildman–Crippen LogP) is 2.41. The summed E-state index contributed by atoms with van der Waals surface area (Å²) in [4.78, 5) is 26.5. The topological polar surface area (TPSA) is 96.2 Å². The molecule has 0 unspecified atom stereocenters. The zero-order valence-corrected chi connectivity index (χ0v) is 15.0. The number of anilines is 1. The van der Waals surface area contributed by atoms with Crippen LogP contribution in [0.4, 0.5) is 11.4 Å². The fourth-order valence-electron chi connectivity index (χ4n) is 3.00. The summed E-state index contributed by atoms with van der Waals surface area (Å²) in [6.07, 6.45) is 0. The Labute approximate surface area is 156 Å². The highest BCUT2D eigenvalue weighted by atomic mass is 16.6. The molecule has 142 valence electrons. The van der Waals surface area contributed by atoms with E-state index in [1.54, 1.807) is 7.05 Å². The second kappa shape index (κ2) is 8.05. The number of phenols is 1. The lowest BCUT2D eigenvalue weighted by molar-refractivity contribution is -0.385. The molecule has 0 aromatic heterocycles. The second-order valence-electron chi connectivity index (χ2n) is 6.39. The van der Waals surface area contributed by atoms with E-state index >= 15 is 0 Å². The molecule has 1 heterocycles. The number of nitrogens with zero attached hydrogens (tertiary/aromatic N) is 3. The van der Waals surface area contributed by atoms with E-state index in [4.69, 9.17) is 4.74 Å². The van der Waals surface area contributed by atoms with Crippen molar-refractivity contribution in [1.82, 2.24) is 4.90 Å². The van der Waals surface area contributed by atoms with E-state index in [-0.39, 0.29) is 11.5 Å². The highest BCUT2D eigenvalue weighted by Crippen LogP contribution is 2.27. The Morgan fingerprint density at radius 3 is 2.52 bits per heavy atom. The maximum absolute atomic E-state index is 12.5. The van der Waals surface area contributed by atoms with Gasteiger partial charge in [-0.1, -0.05) is 12.1 Å². The number of aromatic hydroxyl groups is 1. The van der Waals surface area contributed by atoms with E-state index < -0.39 is 16.4 Å². The van der Waals surface area contributed by atoms with Crippen LogP contribution in [0.3, 0.4) is 0 Å². The molecule has 2 aromatic carbocycles.